The predicted octanol–water partition coefficient (Wildman–Crippen LogP) is 3.23. The molecule has 7 heteroatoms. The van der Waals surface area contributed by atoms with Crippen LogP contribution in [-0.4, -0.2) is 32.1 Å². The minimum atomic E-state index is -1.36. The molecular weight excluding hydrogens is 426 g/mol. The zero-order valence-electron chi connectivity index (χ0n) is 17.7. The van der Waals surface area contributed by atoms with Crippen LogP contribution in [0.1, 0.15) is 23.2 Å². The summed E-state index contributed by atoms with van der Waals surface area (Å²) in [6.45, 7) is 3.06. The smallest absolute Gasteiger partial charge is 0.239 e. The molecule has 0 amide bonds. The maximum Gasteiger partial charge on any atom is 0.239 e. The highest BCUT2D eigenvalue weighted by Crippen LogP contribution is 2.43. The van der Waals surface area contributed by atoms with Gasteiger partial charge in [-0.05, 0) is 24.1 Å². The molecule has 0 N–H and O–H groups in total. The number of carboxylic acid groups (broad SMARTS) is 1. The van der Waals surface area contributed by atoms with E-state index in [0.29, 0.717) is 44.5 Å². The lowest BCUT2D eigenvalue weighted by Gasteiger charge is -2.33. The molecule has 5 nitrogen and oxygen atoms in total. The van der Waals surface area contributed by atoms with Crippen molar-refractivity contribution in [1.82, 2.24) is 4.58 Å². The Morgan fingerprint density at radius 1 is 0.970 bits per heavy atom. The predicted molar refractivity (Wildman–Crippen MR) is 119 cm³/mol. The molecule has 2 aromatic rings. The van der Waals surface area contributed by atoms with E-state index < -0.39 is 17.6 Å². The van der Waals surface area contributed by atoms with E-state index in [1.165, 1.54) is 18.2 Å². The number of carbonyl (C=O) groups excluding carboxylic acids is 1. The molecule has 0 saturated carbocycles. The van der Waals surface area contributed by atoms with Crippen LogP contribution in [0.25, 0.3) is 33.4 Å². The summed E-state index contributed by atoms with van der Waals surface area (Å²) in [6.07, 6.45) is 1.99. The third-order valence-electron chi connectivity index (χ3n) is 6.67. The first-order valence-corrected chi connectivity index (χ1v) is 11.0. The molecule has 3 heterocycles. The summed E-state index contributed by atoms with van der Waals surface area (Å²) in [5, 5.41) is 12.7. The standard InChI is InChI=1S/C26H20F2N2O3/c27-19-11-17-23(13-21(19)29-7-3-8-29)33-24-14-22(30-9-4-10-30)20(28)12-18(24)25(17)15-5-1-2-6-16(15)26(31)32/h1-2,5-6,11-14H,3-4,7-10H2. The lowest BCUT2D eigenvalue weighted by molar-refractivity contribution is -0.254. The Morgan fingerprint density at radius 2 is 1.76 bits per heavy atom. The van der Waals surface area contributed by atoms with Crippen LogP contribution in [0.4, 0.5) is 14.5 Å². The highest BCUT2D eigenvalue weighted by molar-refractivity contribution is 6.07. The summed E-state index contributed by atoms with van der Waals surface area (Å²) in [6, 6.07) is 12.4. The molecule has 0 atom stereocenters. The van der Waals surface area contributed by atoms with E-state index in [-0.39, 0.29) is 5.56 Å². The van der Waals surface area contributed by atoms with Crippen LogP contribution in [0.2, 0.25) is 0 Å². The second-order valence-corrected chi connectivity index (χ2v) is 8.59. The molecule has 0 aromatic heterocycles. The lowest BCUT2D eigenvalue weighted by Crippen LogP contribution is -2.42. The number of benzene rings is 3. The zero-order valence-corrected chi connectivity index (χ0v) is 17.7. The van der Waals surface area contributed by atoms with Gasteiger partial charge in [0.05, 0.1) is 24.1 Å². The average molecular weight is 446 g/mol. The Labute approximate surface area is 188 Å². The second-order valence-electron chi connectivity index (χ2n) is 8.59. The molecule has 0 unspecified atom stereocenters. The average Bonchev–Trinajstić information content (AvgIpc) is 2.71. The summed E-state index contributed by atoms with van der Waals surface area (Å²) in [5.74, 6) is -1.80. The van der Waals surface area contributed by atoms with Gasteiger partial charge in [0.1, 0.15) is 30.3 Å². The van der Waals surface area contributed by atoms with Crippen LogP contribution >= 0.6 is 0 Å². The normalized spacial score (nSPS) is 15.6. The topological polar surface area (TPSA) is 59.5 Å². The summed E-state index contributed by atoms with van der Waals surface area (Å²) < 4.78 is 38.4. The molecular formula is C26H20F2N2O3. The van der Waals surface area contributed by atoms with Gasteiger partial charge in [0.25, 0.3) is 0 Å². The molecule has 4 aliphatic rings. The molecule has 2 fully saturated rings. The Balaban J connectivity index is 1.74. The van der Waals surface area contributed by atoms with Crippen molar-refractivity contribution >= 4 is 22.6 Å². The molecule has 6 rings (SSSR count). The van der Waals surface area contributed by atoms with E-state index in [2.05, 4.69) is 0 Å². The third-order valence-corrected chi connectivity index (χ3v) is 6.67. The maximum atomic E-state index is 15.2. The van der Waals surface area contributed by atoms with Crippen LogP contribution < -0.4 is 19.9 Å². The minimum Gasteiger partial charge on any atom is -0.545 e. The van der Waals surface area contributed by atoms with Gasteiger partial charge >= 0.3 is 0 Å². The van der Waals surface area contributed by atoms with E-state index in [9.17, 15) is 9.90 Å². The van der Waals surface area contributed by atoms with Gasteiger partial charge in [-0.1, -0.05) is 24.3 Å². The molecule has 0 bridgehead atoms. The number of anilines is 1. The number of halogens is 2. The molecule has 2 saturated heterocycles. The van der Waals surface area contributed by atoms with Crippen molar-refractivity contribution in [2.75, 3.05) is 31.1 Å². The van der Waals surface area contributed by atoms with Gasteiger partial charge < -0.3 is 19.2 Å². The fourth-order valence-corrected chi connectivity index (χ4v) is 4.68. The van der Waals surface area contributed by atoms with Gasteiger partial charge in [-0.3, -0.25) is 0 Å². The van der Waals surface area contributed by atoms with Crippen LogP contribution in [0.5, 0.6) is 0 Å². The molecule has 0 spiro atoms. The van der Waals surface area contributed by atoms with Gasteiger partial charge in [-0.25, -0.2) is 8.97 Å². The van der Waals surface area contributed by atoms with Crippen molar-refractivity contribution < 1.29 is 23.1 Å². The fraction of sp³-hybridized carbons (Fsp3) is 0.231. The highest BCUT2D eigenvalue weighted by Gasteiger charge is 2.27. The van der Waals surface area contributed by atoms with Crippen molar-refractivity contribution in [3.8, 4) is 22.5 Å². The fourth-order valence-electron chi connectivity index (χ4n) is 4.68. The second kappa shape index (κ2) is 7.40. The van der Waals surface area contributed by atoms with Crippen molar-refractivity contribution in [3.63, 3.8) is 0 Å². The van der Waals surface area contributed by atoms with Crippen molar-refractivity contribution in [2.45, 2.75) is 12.8 Å². The van der Waals surface area contributed by atoms with Crippen molar-refractivity contribution in [1.29, 1.82) is 0 Å². The summed E-state index contributed by atoms with van der Waals surface area (Å²) in [4.78, 5) is 13.8. The molecule has 3 aliphatic heterocycles. The molecule has 0 radical (unpaired) electrons. The number of carbonyl (C=O) groups is 1. The maximum absolute atomic E-state index is 15.2. The van der Waals surface area contributed by atoms with E-state index >= 15 is 8.78 Å². The van der Waals surface area contributed by atoms with Crippen LogP contribution in [0.15, 0.2) is 52.9 Å². The van der Waals surface area contributed by atoms with Gasteiger partial charge in [0.2, 0.25) is 5.36 Å². The van der Waals surface area contributed by atoms with Gasteiger partial charge in [0.15, 0.2) is 5.82 Å². The summed E-state index contributed by atoms with van der Waals surface area (Å²) in [7, 11) is 0. The van der Waals surface area contributed by atoms with Gasteiger partial charge in [-0.2, -0.15) is 4.39 Å². The molecule has 2 aromatic carbocycles. The SMILES string of the molecule is O=C([O-])c1ccccc1-c1c2cc(F)c(=[N+]3CCC3)cc-2oc2cc(N3CCC3)c(F)cc12. The van der Waals surface area contributed by atoms with Crippen LogP contribution in [0, 0.1) is 11.6 Å². The van der Waals surface area contributed by atoms with E-state index in [1.54, 1.807) is 30.3 Å². The number of fused-ring (bicyclic) bond motifs is 2. The van der Waals surface area contributed by atoms with Crippen LogP contribution in [-0.2, 0) is 0 Å². The van der Waals surface area contributed by atoms with E-state index in [4.69, 9.17) is 4.42 Å². The number of carboxylic acids is 1. The first kappa shape index (κ1) is 19.9. The number of hydrogen-bond acceptors (Lipinski definition) is 4. The Bertz CT molecular complexity index is 1480. The Kier molecular flexibility index (Phi) is 4.47. The summed E-state index contributed by atoms with van der Waals surface area (Å²) in [5.41, 5.74) is 1.93. The van der Waals surface area contributed by atoms with Crippen molar-refractivity contribution in [3.05, 3.63) is 71.1 Å². The van der Waals surface area contributed by atoms with Crippen molar-refractivity contribution in [2.24, 2.45) is 0 Å². The minimum absolute atomic E-state index is 0.0502. The highest BCUT2D eigenvalue weighted by atomic mass is 19.1. The third kappa shape index (κ3) is 3.10. The van der Waals surface area contributed by atoms with E-state index in [0.717, 1.165) is 39.0 Å². The number of rotatable bonds is 3. The first-order valence-electron chi connectivity index (χ1n) is 11.0. The Morgan fingerprint density at radius 3 is 2.42 bits per heavy atom. The molecule has 1 aliphatic carbocycles. The lowest BCUT2D eigenvalue weighted by atomic mass is 9.90. The molecule has 166 valence electrons. The largest absolute Gasteiger partial charge is 0.545 e. The number of aromatic carboxylic acids is 1. The monoisotopic (exact) mass is 446 g/mol. The summed E-state index contributed by atoms with van der Waals surface area (Å²) >= 11 is 0. The Hall–Kier alpha value is -3.74. The zero-order chi connectivity index (χ0) is 22.7. The quantitative estimate of drug-likeness (QED) is 0.358. The first-order chi connectivity index (χ1) is 16.0. The van der Waals surface area contributed by atoms with Gasteiger partial charge in [-0.15, -0.1) is 0 Å². The van der Waals surface area contributed by atoms with E-state index in [1.807, 2.05) is 9.48 Å². The number of hydrogen-bond donors (Lipinski definition) is 0. The molecule has 33 heavy (non-hydrogen) atoms. The van der Waals surface area contributed by atoms with Gasteiger partial charge in [0, 0.05) is 41.2 Å². The van der Waals surface area contributed by atoms with Crippen LogP contribution in [0.3, 0.4) is 0 Å². The number of nitrogens with zero attached hydrogens (tertiary/aromatic N) is 2.